The van der Waals surface area contributed by atoms with Crippen LogP contribution in [0.25, 0.3) is 0 Å². The second-order valence-electron chi connectivity index (χ2n) is 6.17. The molecule has 0 aliphatic carbocycles. The summed E-state index contributed by atoms with van der Waals surface area (Å²) in [5, 5.41) is 3.01. The third-order valence-electron chi connectivity index (χ3n) is 4.31. The van der Waals surface area contributed by atoms with Gasteiger partial charge in [0.15, 0.2) is 0 Å². The van der Waals surface area contributed by atoms with Crippen LogP contribution in [0.4, 0.5) is 4.39 Å². The van der Waals surface area contributed by atoms with Gasteiger partial charge in [0.05, 0.1) is 6.04 Å². The van der Waals surface area contributed by atoms with Crippen LogP contribution in [0.1, 0.15) is 47.2 Å². The van der Waals surface area contributed by atoms with Gasteiger partial charge in [0.25, 0.3) is 0 Å². The molecule has 0 unspecified atom stereocenters. The van der Waals surface area contributed by atoms with Gasteiger partial charge in [-0.25, -0.2) is 4.39 Å². The van der Waals surface area contributed by atoms with Crippen molar-refractivity contribution in [2.75, 3.05) is 0 Å². The van der Waals surface area contributed by atoms with E-state index in [2.05, 4.69) is 38.2 Å². The van der Waals surface area contributed by atoms with Crippen molar-refractivity contribution in [3.63, 3.8) is 0 Å². The van der Waals surface area contributed by atoms with Gasteiger partial charge < -0.3 is 5.32 Å². The van der Waals surface area contributed by atoms with Crippen molar-refractivity contribution in [3.8, 4) is 0 Å². The Balaban J connectivity index is 1.97. The Labute approximate surface area is 137 Å². The van der Waals surface area contributed by atoms with E-state index in [-0.39, 0.29) is 24.2 Å². The summed E-state index contributed by atoms with van der Waals surface area (Å²) in [5.74, 6) is -0.309. The van der Waals surface area contributed by atoms with E-state index in [9.17, 15) is 9.18 Å². The first kappa shape index (κ1) is 17.2. The maximum Gasteiger partial charge on any atom is 0.220 e. The van der Waals surface area contributed by atoms with Crippen molar-refractivity contribution >= 4 is 5.91 Å². The van der Waals surface area contributed by atoms with E-state index < -0.39 is 0 Å². The van der Waals surface area contributed by atoms with E-state index in [0.717, 1.165) is 5.56 Å². The number of halogens is 1. The summed E-state index contributed by atoms with van der Waals surface area (Å²) in [4.78, 5) is 12.1. The predicted molar refractivity (Wildman–Crippen MR) is 91.9 cm³/mol. The molecule has 122 valence electrons. The van der Waals surface area contributed by atoms with Gasteiger partial charge in [0, 0.05) is 6.42 Å². The average molecular weight is 313 g/mol. The summed E-state index contributed by atoms with van der Waals surface area (Å²) in [6, 6.07) is 10.8. The number of nitrogens with one attached hydrogen (secondary N) is 1. The quantitative estimate of drug-likeness (QED) is 0.861. The van der Waals surface area contributed by atoms with Crippen LogP contribution in [-0.2, 0) is 11.2 Å². The van der Waals surface area contributed by atoms with Gasteiger partial charge in [-0.3, -0.25) is 4.79 Å². The van der Waals surface area contributed by atoms with Gasteiger partial charge in [-0.2, -0.15) is 0 Å². The maximum atomic E-state index is 13.6. The molecule has 0 aliphatic heterocycles. The number of carbonyl (C=O) groups excluding carboxylic acids is 1. The van der Waals surface area contributed by atoms with Gasteiger partial charge in [-0.1, -0.05) is 30.3 Å². The molecule has 0 spiro atoms. The van der Waals surface area contributed by atoms with Crippen LogP contribution in [0.5, 0.6) is 0 Å². The van der Waals surface area contributed by atoms with Crippen molar-refractivity contribution in [3.05, 3.63) is 70.0 Å². The van der Waals surface area contributed by atoms with Crippen molar-refractivity contribution in [1.29, 1.82) is 0 Å². The van der Waals surface area contributed by atoms with E-state index in [1.807, 2.05) is 6.92 Å². The second kappa shape index (κ2) is 7.40. The molecule has 3 heteroatoms. The number of carbonyl (C=O) groups is 1. The molecule has 1 amide bonds. The minimum absolute atomic E-state index is 0.0533. The van der Waals surface area contributed by atoms with E-state index in [0.29, 0.717) is 12.0 Å². The monoisotopic (exact) mass is 313 g/mol. The van der Waals surface area contributed by atoms with Crippen LogP contribution in [-0.4, -0.2) is 5.91 Å². The Bertz CT molecular complexity index is 709. The lowest BCUT2D eigenvalue weighted by atomic mass is 9.96. The van der Waals surface area contributed by atoms with E-state index in [1.165, 1.54) is 22.8 Å². The lowest BCUT2D eigenvalue weighted by Gasteiger charge is -2.18. The zero-order chi connectivity index (χ0) is 17.0. The molecule has 0 radical (unpaired) electrons. The van der Waals surface area contributed by atoms with Crippen LogP contribution < -0.4 is 5.32 Å². The number of benzene rings is 2. The van der Waals surface area contributed by atoms with Gasteiger partial charge in [-0.15, -0.1) is 0 Å². The normalized spacial score (nSPS) is 12.0. The predicted octanol–water partition coefficient (Wildman–Crippen LogP) is 4.56. The van der Waals surface area contributed by atoms with Gasteiger partial charge in [0.1, 0.15) is 5.82 Å². The molecular weight excluding hydrogens is 289 g/mol. The first-order valence-corrected chi connectivity index (χ1v) is 7.99. The summed E-state index contributed by atoms with van der Waals surface area (Å²) >= 11 is 0. The molecule has 0 aliphatic rings. The van der Waals surface area contributed by atoms with Gasteiger partial charge in [-0.05, 0) is 68.0 Å². The molecule has 0 saturated heterocycles. The zero-order valence-corrected chi connectivity index (χ0v) is 14.2. The van der Waals surface area contributed by atoms with Crippen LogP contribution in [0, 0.1) is 26.6 Å². The summed E-state index contributed by atoms with van der Waals surface area (Å²) < 4.78 is 13.6. The van der Waals surface area contributed by atoms with E-state index in [1.54, 1.807) is 18.2 Å². The molecule has 2 rings (SSSR count). The summed E-state index contributed by atoms with van der Waals surface area (Å²) in [6.07, 6.45) is 0.701. The molecule has 0 heterocycles. The minimum Gasteiger partial charge on any atom is -0.350 e. The molecule has 23 heavy (non-hydrogen) atoms. The highest BCUT2D eigenvalue weighted by molar-refractivity contribution is 5.76. The second-order valence-corrected chi connectivity index (χ2v) is 6.17. The Hall–Kier alpha value is -2.16. The standard InChI is InChI=1S/C20H24FNO/c1-13-11-15(3)18(12-14(13)2)16(4)22-20(23)10-9-17-7-5-6-8-19(17)21/h5-8,11-12,16H,9-10H2,1-4H3,(H,22,23)/t16-/m1/s1. The van der Waals surface area contributed by atoms with Crippen LogP contribution in [0.2, 0.25) is 0 Å². The number of hydrogen-bond donors (Lipinski definition) is 1. The van der Waals surface area contributed by atoms with Gasteiger partial charge in [0.2, 0.25) is 5.91 Å². The topological polar surface area (TPSA) is 29.1 Å². The first-order valence-electron chi connectivity index (χ1n) is 7.99. The molecule has 2 aromatic rings. The highest BCUT2D eigenvalue weighted by Crippen LogP contribution is 2.21. The third-order valence-corrected chi connectivity index (χ3v) is 4.31. The number of rotatable bonds is 5. The van der Waals surface area contributed by atoms with E-state index >= 15 is 0 Å². The molecule has 2 nitrogen and oxygen atoms in total. The largest absolute Gasteiger partial charge is 0.350 e. The zero-order valence-electron chi connectivity index (χ0n) is 14.2. The van der Waals surface area contributed by atoms with Crippen LogP contribution in [0.3, 0.4) is 0 Å². The van der Waals surface area contributed by atoms with E-state index in [4.69, 9.17) is 0 Å². The van der Waals surface area contributed by atoms with Crippen molar-refractivity contribution in [2.45, 2.75) is 46.6 Å². The molecule has 0 bridgehead atoms. The third kappa shape index (κ3) is 4.41. The Morgan fingerprint density at radius 1 is 1.09 bits per heavy atom. The molecule has 1 atom stereocenters. The summed E-state index contributed by atoms with van der Waals surface area (Å²) in [7, 11) is 0. The Morgan fingerprint density at radius 2 is 1.74 bits per heavy atom. The first-order chi connectivity index (χ1) is 10.9. The summed E-state index contributed by atoms with van der Waals surface area (Å²) in [5.41, 5.74) is 5.36. The van der Waals surface area contributed by atoms with Crippen molar-refractivity contribution < 1.29 is 9.18 Å². The molecule has 1 N–H and O–H groups in total. The SMILES string of the molecule is Cc1cc(C)c([C@@H](C)NC(=O)CCc2ccccc2F)cc1C. The fourth-order valence-electron chi connectivity index (χ4n) is 2.79. The Kier molecular flexibility index (Phi) is 5.54. The van der Waals surface area contributed by atoms with Crippen LogP contribution >= 0.6 is 0 Å². The lowest BCUT2D eigenvalue weighted by molar-refractivity contribution is -0.121. The summed E-state index contributed by atoms with van der Waals surface area (Å²) in [6.45, 7) is 8.21. The molecule has 2 aromatic carbocycles. The highest BCUT2D eigenvalue weighted by atomic mass is 19.1. The molecule has 0 saturated carbocycles. The fraction of sp³-hybridized carbons (Fsp3) is 0.350. The molecule has 0 fully saturated rings. The molecule has 0 aromatic heterocycles. The fourth-order valence-corrected chi connectivity index (χ4v) is 2.79. The smallest absolute Gasteiger partial charge is 0.220 e. The number of amides is 1. The number of hydrogen-bond acceptors (Lipinski definition) is 1. The van der Waals surface area contributed by atoms with Crippen LogP contribution in [0.15, 0.2) is 36.4 Å². The minimum atomic E-state index is -0.252. The number of aryl methyl sites for hydroxylation is 4. The van der Waals surface area contributed by atoms with Crippen molar-refractivity contribution in [2.24, 2.45) is 0 Å². The molecular formula is C20H24FNO. The van der Waals surface area contributed by atoms with Crippen molar-refractivity contribution in [1.82, 2.24) is 5.32 Å². The van der Waals surface area contributed by atoms with Gasteiger partial charge >= 0.3 is 0 Å². The average Bonchev–Trinajstić information content (AvgIpc) is 2.50. The highest BCUT2D eigenvalue weighted by Gasteiger charge is 2.13. The maximum absolute atomic E-state index is 13.6. The lowest BCUT2D eigenvalue weighted by Crippen LogP contribution is -2.27. The Morgan fingerprint density at radius 3 is 2.43 bits per heavy atom.